The van der Waals surface area contributed by atoms with Crippen molar-refractivity contribution in [3.05, 3.63) is 0 Å². The molecule has 0 aromatic carbocycles. The van der Waals surface area contributed by atoms with Gasteiger partial charge in [-0.2, -0.15) is 5.26 Å². The summed E-state index contributed by atoms with van der Waals surface area (Å²) in [6.07, 6.45) is 2.23. The maximum Gasteiger partial charge on any atom is 0.310 e. The van der Waals surface area contributed by atoms with Crippen molar-refractivity contribution in [3.63, 3.8) is 0 Å². The molecule has 1 heterocycles. The minimum Gasteiger partial charge on any atom is -0.481 e. The Labute approximate surface area is 90.5 Å². The third-order valence-corrected chi connectivity index (χ3v) is 3.47. The monoisotopic (exact) mass is 210 g/mol. The van der Waals surface area contributed by atoms with Gasteiger partial charge in [-0.3, -0.25) is 9.69 Å². The van der Waals surface area contributed by atoms with Crippen LogP contribution in [0.5, 0.6) is 0 Å². The minimum atomic E-state index is -0.722. The average molecular weight is 210 g/mol. The molecule has 0 bridgehead atoms. The molecule has 15 heavy (non-hydrogen) atoms. The molecule has 0 aliphatic carbocycles. The van der Waals surface area contributed by atoms with E-state index in [1.165, 1.54) is 0 Å². The summed E-state index contributed by atoms with van der Waals surface area (Å²) in [4.78, 5) is 13.2. The first-order chi connectivity index (χ1) is 7.05. The van der Waals surface area contributed by atoms with Gasteiger partial charge in [-0.05, 0) is 32.7 Å². The lowest BCUT2D eigenvalue weighted by atomic mass is 9.77. The minimum absolute atomic E-state index is 0.185. The number of aliphatic carboxylic acids is 1. The molecule has 84 valence electrons. The van der Waals surface area contributed by atoms with E-state index in [4.69, 9.17) is 5.26 Å². The summed E-state index contributed by atoms with van der Waals surface area (Å²) in [7, 11) is 0. The van der Waals surface area contributed by atoms with E-state index in [0.29, 0.717) is 13.0 Å². The molecule has 0 aromatic heterocycles. The quantitative estimate of drug-likeness (QED) is 0.766. The highest BCUT2D eigenvalue weighted by atomic mass is 16.4. The summed E-state index contributed by atoms with van der Waals surface area (Å²) >= 11 is 0. The van der Waals surface area contributed by atoms with Gasteiger partial charge in [0.15, 0.2) is 0 Å². The SMILES string of the molecule is CCC1(C(=O)O)CCCN(C(C)C#N)C1. The van der Waals surface area contributed by atoms with Gasteiger partial charge in [0, 0.05) is 6.54 Å². The molecule has 0 aromatic rings. The molecule has 0 radical (unpaired) electrons. The summed E-state index contributed by atoms with van der Waals surface area (Å²) in [6, 6.07) is 1.98. The van der Waals surface area contributed by atoms with Crippen molar-refractivity contribution in [2.24, 2.45) is 5.41 Å². The first-order valence-corrected chi connectivity index (χ1v) is 5.43. The summed E-state index contributed by atoms with van der Waals surface area (Å²) < 4.78 is 0. The van der Waals surface area contributed by atoms with E-state index in [1.54, 1.807) is 0 Å². The summed E-state index contributed by atoms with van der Waals surface area (Å²) in [5, 5.41) is 18.1. The second kappa shape index (κ2) is 4.63. The highest BCUT2D eigenvalue weighted by Gasteiger charge is 2.41. The number of carboxylic acids is 1. The number of carbonyl (C=O) groups is 1. The topological polar surface area (TPSA) is 64.3 Å². The van der Waals surface area contributed by atoms with Crippen molar-refractivity contribution < 1.29 is 9.90 Å². The Morgan fingerprint density at radius 1 is 1.73 bits per heavy atom. The number of rotatable bonds is 3. The van der Waals surface area contributed by atoms with Crippen LogP contribution in [0.15, 0.2) is 0 Å². The molecule has 4 heteroatoms. The number of hydrogen-bond donors (Lipinski definition) is 1. The molecule has 1 fully saturated rings. The van der Waals surface area contributed by atoms with Crippen molar-refractivity contribution in [2.75, 3.05) is 13.1 Å². The molecule has 1 N–H and O–H groups in total. The summed E-state index contributed by atoms with van der Waals surface area (Å²) in [5.74, 6) is -0.722. The lowest BCUT2D eigenvalue weighted by Crippen LogP contribution is -2.50. The molecule has 1 aliphatic heterocycles. The predicted octanol–water partition coefficient (Wildman–Crippen LogP) is 1.48. The maximum atomic E-state index is 11.3. The zero-order chi connectivity index (χ0) is 11.5. The predicted molar refractivity (Wildman–Crippen MR) is 56.2 cm³/mol. The van der Waals surface area contributed by atoms with Gasteiger partial charge in [0.2, 0.25) is 0 Å². The fourth-order valence-electron chi connectivity index (χ4n) is 2.19. The van der Waals surface area contributed by atoms with Crippen LogP contribution in [-0.4, -0.2) is 35.1 Å². The number of nitriles is 1. The number of hydrogen-bond acceptors (Lipinski definition) is 3. The van der Waals surface area contributed by atoms with Gasteiger partial charge in [0.1, 0.15) is 0 Å². The van der Waals surface area contributed by atoms with Crippen molar-refractivity contribution >= 4 is 5.97 Å². The number of nitrogens with zero attached hydrogens (tertiary/aromatic N) is 2. The van der Waals surface area contributed by atoms with Gasteiger partial charge in [0.25, 0.3) is 0 Å². The lowest BCUT2D eigenvalue weighted by molar-refractivity contribution is -0.153. The molecule has 0 spiro atoms. The fourth-order valence-corrected chi connectivity index (χ4v) is 2.19. The van der Waals surface area contributed by atoms with E-state index in [0.717, 1.165) is 19.4 Å². The van der Waals surface area contributed by atoms with Crippen molar-refractivity contribution in [3.8, 4) is 6.07 Å². The smallest absolute Gasteiger partial charge is 0.310 e. The maximum absolute atomic E-state index is 11.3. The molecule has 0 saturated carbocycles. The van der Waals surface area contributed by atoms with Gasteiger partial charge in [-0.1, -0.05) is 6.92 Å². The molecular formula is C11H18N2O2. The van der Waals surface area contributed by atoms with E-state index in [1.807, 2.05) is 18.7 Å². The van der Waals surface area contributed by atoms with Crippen molar-refractivity contribution in [1.82, 2.24) is 4.90 Å². The van der Waals surface area contributed by atoms with Gasteiger partial charge >= 0.3 is 5.97 Å². The van der Waals surface area contributed by atoms with Crippen LogP contribution in [0.25, 0.3) is 0 Å². The lowest BCUT2D eigenvalue weighted by Gasteiger charge is -2.40. The Balaban J connectivity index is 2.78. The third kappa shape index (κ3) is 2.29. The first kappa shape index (κ1) is 12.0. The Bertz CT molecular complexity index is 285. The van der Waals surface area contributed by atoms with Crippen molar-refractivity contribution in [1.29, 1.82) is 5.26 Å². The molecule has 1 aliphatic rings. The number of piperidine rings is 1. The largest absolute Gasteiger partial charge is 0.481 e. The van der Waals surface area contributed by atoms with Crippen LogP contribution in [0.4, 0.5) is 0 Å². The molecule has 0 amide bonds. The summed E-state index contributed by atoms with van der Waals surface area (Å²) in [5.41, 5.74) is -0.636. The zero-order valence-corrected chi connectivity index (χ0v) is 9.36. The Hall–Kier alpha value is -1.08. The van der Waals surface area contributed by atoms with Gasteiger partial charge in [-0.25, -0.2) is 0 Å². The normalized spacial score (nSPS) is 29.4. The van der Waals surface area contributed by atoms with Crippen LogP contribution in [0.2, 0.25) is 0 Å². The van der Waals surface area contributed by atoms with E-state index < -0.39 is 11.4 Å². The Morgan fingerprint density at radius 2 is 2.40 bits per heavy atom. The average Bonchev–Trinajstić information content (AvgIpc) is 2.27. The van der Waals surface area contributed by atoms with Crippen molar-refractivity contribution in [2.45, 2.75) is 39.2 Å². The summed E-state index contributed by atoms with van der Waals surface area (Å²) in [6.45, 7) is 5.08. The second-order valence-electron chi connectivity index (χ2n) is 4.32. The second-order valence-corrected chi connectivity index (χ2v) is 4.32. The van der Waals surface area contributed by atoms with Crippen LogP contribution in [0, 0.1) is 16.7 Å². The Morgan fingerprint density at radius 3 is 2.87 bits per heavy atom. The van der Waals surface area contributed by atoms with E-state index in [2.05, 4.69) is 6.07 Å². The van der Waals surface area contributed by atoms with Gasteiger partial charge in [0.05, 0.1) is 17.5 Å². The van der Waals surface area contributed by atoms with Gasteiger partial charge in [-0.15, -0.1) is 0 Å². The highest BCUT2D eigenvalue weighted by molar-refractivity contribution is 5.75. The van der Waals surface area contributed by atoms with Gasteiger partial charge < -0.3 is 5.11 Å². The molecule has 2 atom stereocenters. The fraction of sp³-hybridized carbons (Fsp3) is 0.818. The number of likely N-dealkylation sites (tertiary alicyclic amines) is 1. The highest BCUT2D eigenvalue weighted by Crippen LogP contribution is 2.34. The zero-order valence-electron chi connectivity index (χ0n) is 9.36. The van der Waals surface area contributed by atoms with E-state index in [9.17, 15) is 9.90 Å². The number of carboxylic acid groups (broad SMARTS) is 1. The van der Waals surface area contributed by atoms with E-state index in [-0.39, 0.29) is 6.04 Å². The van der Waals surface area contributed by atoms with E-state index >= 15 is 0 Å². The third-order valence-electron chi connectivity index (χ3n) is 3.47. The van der Waals surface area contributed by atoms with Crippen LogP contribution >= 0.6 is 0 Å². The van der Waals surface area contributed by atoms with Crippen LogP contribution in [0.1, 0.15) is 33.1 Å². The molecular weight excluding hydrogens is 192 g/mol. The molecule has 4 nitrogen and oxygen atoms in total. The van der Waals surface area contributed by atoms with Crippen LogP contribution < -0.4 is 0 Å². The van der Waals surface area contributed by atoms with Crippen LogP contribution in [0.3, 0.4) is 0 Å². The molecule has 2 unspecified atom stereocenters. The standard InChI is InChI=1S/C11H18N2O2/c1-3-11(10(14)15)5-4-6-13(8-11)9(2)7-12/h9H,3-6,8H2,1-2H3,(H,14,15). The molecule has 1 rings (SSSR count). The first-order valence-electron chi connectivity index (χ1n) is 5.43. The Kier molecular flexibility index (Phi) is 3.70. The molecule has 1 saturated heterocycles. The van der Waals surface area contributed by atoms with Crippen LogP contribution in [-0.2, 0) is 4.79 Å².